The van der Waals surface area contributed by atoms with Crippen molar-refractivity contribution in [2.45, 2.75) is 32.7 Å². The fourth-order valence-electron chi connectivity index (χ4n) is 2.93. The first kappa shape index (κ1) is 21.7. The minimum atomic E-state index is -0.259. The van der Waals surface area contributed by atoms with Crippen molar-refractivity contribution in [2.75, 3.05) is 32.8 Å². The zero-order chi connectivity index (χ0) is 17.5. The molecule has 1 aromatic rings. The monoisotopic (exact) mass is 388 g/mol. The number of halogens is 2. The molecule has 1 aliphatic rings. The van der Waals surface area contributed by atoms with Gasteiger partial charge in [-0.3, -0.25) is 9.69 Å². The predicted molar refractivity (Wildman–Crippen MR) is 102 cm³/mol. The first-order valence-corrected chi connectivity index (χ1v) is 8.85. The summed E-state index contributed by atoms with van der Waals surface area (Å²) in [5.74, 6) is 0.239. The molecule has 1 aromatic carbocycles. The van der Waals surface area contributed by atoms with Gasteiger partial charge in [-0.1, -0.05) is 30.7 Å². The van der Waals surface area contributed by atoms with E-state index in [1.54, 1.807) is 11.8 Å². The summed E-state index contributed by atoms with van der Waals surface area (Å²) in [7, 11) is 0. The van der Waals surface area contributed by atoms with Gasteiger partial charge in [0.25, 0.3) is 0 Å². The van der Waals surface area contributed by atoms with Gasteiger partial charge in [-0.2, -0.15) is 0 Å². The number of hydrogen-bond acceptors (Lipinski definition) is 4. The topological polar surface area (TPSA) is 49.9 Å². The van der Waals surface area contributed by atoms with E-state index in [-0.39, 0.29) is 30.3 Å². The zero-order valence-electron chi connectivity index (χ0n) is 14.7. The van der Waals surface area contributed by atoms with E-state index in [1.807, 2.05) is 31.2 Å². The molecule has 5 nitrogen and oxygen atoms in total. The average molecular weight is 389 g/mol. The minimum absolute atomic E-state index is 0. The maximum absolute atomic E-state index is 12.0. The van der Waals surface area contributed by atoms with Crippen molar-refractivity contribution in [3.8, 4) is 0 Å². The summed E-state index contributed by atoms with van der Waals surface area (Å²) in [6.07, 6.45) is 0.759. The quantitative estimate of drug-likeness (QED) is 0.740. The Morgan fingerprint density at radius 3 is 2.24 bits per heavy atom. The third-order valence-corrected chi connectivity index (χ3v) is 4.60. The first-order valence-electron chi connectivity index (χ1n) is 8.48. The molecule has 1 amide bonds. The lowest BCUT2D eigenvalue weighted by molar-refractivity contribution is -0.120. The summed E-state index contributed by atoms with van der Waals surface area (Å²) in [6.45, 7) is 6.76. The maximum Gasteiger partial charge on any atom is 0.409 e. The van der Waals surface area contributed by atoms with Gasteiger partial charge < -0.3 is 9.64 Å². The molecule has 0 N–H and O–H groups in total. The van der Waals surface area contributed by atoms with Crippen LogP contribution in [0.5, 0.6) is 0 Å². The lowest BCUT2D eigenvalue weighted by Crippen LogP contribution is -2.50. The van der Waals surface area contributed by atoms with Crippen molar-refractivity contribution in [3.63, 3.8) is 0 Å². The molecular weight excluding hydrogens is 363 g/mol. The third kappa shape index (κ3) is 6.17. The molecule has 140 valence electrons. The second-order valence-corrected chi connectivity index (χ2v) is 6.32. The van der Waals surface area contributed by atoms with E-state index in [0.717, 1.165) is 18.7 Å². The van der Waals surface area contributed by atoms with Crippen molar-refractivity contribution in [1.29, 1.82) is 0 Å². The SMILES string of the molecule is CCOC(=O)N1CCN([C@@H](CC(=O)CC)c2ccc(Cl)cc2)CC1.Cl. The van der Waals surface area contributed by atoms with Gasteiger partial charge in [-0.05, 0) is 24.6 Å². The molecule has 2 rings (SSSR count). The fraction of sp³-hybridized carbons (Fsp3) is 0.556. The number of Topliss-reactive ketones (excluding diaryl/α,β-unsaturated/α-hetero) is 1. The largest absolute Gasteiger partial charge is 0.450 e. The number of benzene rings is 1. The van der Waals surface area contributed by atoms with Gasteiger partial charge in [0, 0.05) is 50.1 Å². The summed E-state index contributed by atoms with van der Waals surface area (Å²) in [5.41, 5.74) is 1.09. The number of rotatable bonds is 6. The minimum Gasteiger partial charge on any atom is -0.450 e. The number of carbonyl (C=O) groups excluding carboxylic acids is 2. The Morgan fingerprint density at radius 1 is 1.12 bits per heavy atom. The molecule has 0 aromatic heterocycles. The Balaban J connectivity index is 0.00000312. The van der Waals surface area contributed by atoms with Gasteiger partial charge in [-0.15, -0.1) is 12.4 Å². The molecule has 1 atom stereocenters. The number of amides is 1. The molecule has 7 heteroatoms. The summed E-state index contributed by atoms with van der Waals surface area (Å²) in [5, 5.41) is 0.687. The summed E-state index contributed by atoms with van der Waals surface area (Å²) >= 11 is 5.98. The third-order valence-electron chi connectivity index (χ3n) is 4.35. The highest BCUT2D eigenvalue weighted by Crippen LogP contribution is 2.27. The van der Waals surface area contributed by atoms with E-state index < -0.39 is 0 Å². The van der Waals surface area contributed by atoms with Gasteiger partial charge in [0.2, 0.25) is 0 Å². The van der Waals surface area contributed by atoms with Crippen molar-refractivity contribution in [2.24, 2.45) is 0 Å². The standard InChI is InChI=1S/C18H25ClN2O3.ClH/c1-3-16(22)13-17(14-5-7-15(19)8-6-14)20-9-11-21(12-10-20)18(23)24-4-2;/h5-8,17H,3-4,9-13H2,1-2H3;1H/t17-;/m0./s1. The lowest BCUT2D eigenvalue weighted by atomic mass is 9.98. The number of hydrogen-bond donors (Lipinski definition) is 0. The molecule has 1 heterocycles. The summed E-state index contributed by atoms with van der Waals surface area (Å²) < 4.78 is 5.06. The van der Waals surface area contributed by atoms with E-state index in [9.17, 15) is 9.59 Å². The van der Waals surface area contributed by atoms with E-state index in [2.05, 4.69) is 4.90 Å². The Morgan fingerprint density at radius 2 is 1.72 bits per heavy atom. The molecule has 0 saturated carbocycles. The Hall–Kier alpha value is -1.30. The van der Waals surface area contributed by atoms with Crippen LogP contribution in [-0.2, 0) is 9.53 Å². The Labute approximate surface area is 160 Å². The number of carbonyl (C=O) groups is 2. The zero-order valence-corrected chi connectivity index (χ0v) is 16.3. The molecule has 0 unspecified atom stereocenters. The molecular formula is C18H26Cl2N2O3. The van der Waals surface area contributed by atoms with Gasteiger partial charge >= 0.3 is 6.09 Å². The number of ether oxygens (including phenoxy) is 1. The van der Waals surface area contributed by atoms with Crippen LogP contribution in [0.3, 0.4) is 0 Å². The number of piperazine rings is 1. The van der Waals surface area contributed by atoms with Crippen LogP contribution in [0, 0.1) is 0 Å². The molecule has 25 heavy (non-hydrogen) atoms. The van der Waals surface area contributed by atoms with Crippen molar-refractivity contribution in [3.05, 3.63) is 34.9 Å². The van der Waals surface area contributed by atoms with Crippen LogP contribution in [-0.4, -0.2) is 54.5 Å². The smallest absolute Gasteiger partial charge is 0.409 e. The van der Waals surface area contributed by atoms with Gasteiger partial charge in [-0.25, -0.2) is 4.79 Å². The highest BCUT2D eigenvalue weighted by atomic mass is 35.5. The second-order valence-electron chi connectivity index (χ2n) is 5.89. The van der Waals surface area contributed by atoms with Crippen molar-refractivity contribution < 1.29 is 14.3 Å². The van der Waals surface area contributed by atoms with Crippen LogP contribution in [0.2, 0.25) is 5.02 Å². The van der Waals surface area contributed by atoms with Crippen LogP contribution in [0.15, 0.2) is 24.3 Å². The summed E-state index contributed by atoms with van der Waals surface area (Å²) in [4.78, 5) is 27.8. The molecule has 0 aliphatic carbocycles. The van der Waals surface area contributed by atoms with Crippen LogP contribution < -0.4 is 0 Å². The molecule has 0 bridgehead atoms. The molecule has 0 spiro atoms. The maximum atomic E-state index is 12.0. The number of ketones is 1. The first-order chi connectivity index (χ1) is 11.5. The fourth-order valence-corrected chi connectivity index (χ4v) is 3.06. The van der Waals surface area contributed by atoms with Gasteiger partial charge in [0.15, 0.2) is 0 Å². The lowest BCUT2D eigenvalue weighted by Gasteiger charge is -2.39. The Kier molecular flexibility index (Phi) is 9.25. The van der Waals surface area contributed by atoms with Crippen LogP contribution >= 0.6 is 24.0 Å². The average Bonchev–Trinajstić information content (AvgIpc) is 2.61. The van der Waals surface area contributed by atoms with Crippen LogP contribution in [0.4, 0.5) is 4.79 Å². The summed E-state index contributed by atoms with van der Waals surface area (Å²) in [6, 6.07) is 7.70. The van der Waals surface area contributed by atoms with E-state index in [0.29, 0.717) is 37.6 Å². The van der Waals surface area contributed by atoms with E-state index >= 15 is 0 Å². The highest BCUT2D eigenvalue weighted by molar-refractivity contribution is 6.30. The van der Waals surface area contributed by atoms with Gasteiger partial charge in [0.05, 0.1) is 6.61 Å². The molecule has 0 radical (unpaired) electrons. The second kappa shape index (κ2) is 10.6. The molecule has 1 saturated heterocycles. The van der Waals surface area contributed by atoms with Crippen molar-refractivity contribution in [1.82, 2.24) is 9.80 Å². The predicted octanol–water partition coefficient (Wildman–Crippen LogP) is 3.95. The number of nitrogens with zero attached hydrogens (tertiary/aromatic N) is 2. The van der Waals surface area contributed by atoms with Crippen LogP contribution in [0.25, 0.3) is 0 Å². The molecule has 1 aliphatic heterocycles. The van der Waals surface area contributed by atoms with E-state index in [1.165, 1.54) is 0 Å². The van der Waals surface area contributed by atoms with Crippen LogP contribution in [0.1, 0.15) is 38.3 Å². The highest BCUT2D eigenvalue weighted by Gasteiger charge is 2.28. The van der Waals surface area contributed by atoms with Gasteiger partial charge in [0.1, 0.15) is 5.78 Å². The normalized spacial score (nSPS) is 16.0. The molecule has 1 fully saturated rings. The van der Waals surface area contributed by atoms with E-state index in [4.69, 9.17) is 16.3 Å². The Bertz CT molecular complexity index is 558. The van der Waals surface area contributed by atoms with Crippen molar-refractivity contribution >= 4 is 35.9 Å².